The van der Waals surface area contributed by atoms with E-state index >= 15 is 0 Å². The van der Waals surface area contributed by atoms with Crippen LogP contribution < -0.4 is 5.32 Å². The van der Waals surface area contributed by atoms with E-state index in [1.807, 2.05) is 6.26 Å². The summed E-state index contributed by atoms with van der Waals surface area (Å²) >= 11 is 1.58. The number of carbonyl (C=O) groups excluding carboxylic acids is 1. The Labute approximate surface area is 161 Å². The van der Waals surface area contributed by atoms with Crippen molar-refractivity contribution in [1.82, 2.24) is 10.2 Å². The van der Waals surface area contributed by atoms with Gasteiger partial charge in [0.05, 0.1) is 17.5 Å². The van der Waals surface area contributed by atoms with Gasteiger partial charge in [-0.25, -0.2) is 0 Å². The summed E-state index contributed by atoms with van der Waals surface area (Å²) in [5.41, 5.74) is 4.26. The molecule has 26 heavy (non-hydrogen) atoms. The number of nitrogens with zero attached hydrogens (tertiary/aromatic N) is 1. The summed E-state index contributed by atoms with van der Waals surface area (Å²) in [6.07, 6.45) is 4.65. The van der Waals surface area contributed by atoms with Crippen LogP contribution in [0.15, 0.2) is 18.2 Å². The summed E-state index contributed by atoms with van der Waals surface area (Å²) in [6, 6.07) is 6.57. The number of likely N-dealkylation sites (tertiary alicyclic amines) is 1. The van der Waals surface area contributed by atoms with E-state index in [9.17, 15) is 4.79 Å². The van der Waals surface area contributed by atoms with Gasteiger partial charge in [-0.3, -0.25) is 9.69 Å². The molecule has 4 rings (SSSR count). The number of thioether (sulfide) groups is 1. The Morgan fingerprint density at radius 2 is 2.15 bits per heavy atom. The molecule has 3 heterocycles. The van der Waals surface area contributed by atoms with Crippen LogP contribution in [-0.4, -0.2) is 54.2 Å². The van der Waals surface area contributed by atoms with Crippen molar-refractivity contribution in [3.05, 3.63) is 34.9 Å². The van der Waals surface area contributed by atoms with Crippen molar-refractivity contribution in [2.75, 3.05) is 31.6 Å². The first-order valence-electron chi connectivity index (χ1n) is 9.73. The monoisotopic (exact) mass is 374 g/mol. The van der Waals surface area contributed by atoms with E-state index in [1.165, 1.54) is 23.1 Å². The van der Waals surface area contributed by atoms with Crippen LogP contribution in [-0.2, 0) is 16.1 Å². The van der Waals surface area contributed by atoms with Crippen LogP contribution in [0.3, 0.4) is 0 Å². The maximum Gasteiger partial charge on any atom is 0.229 e. The molecular weight excluding hydrogens is 344 g/mol. The van der Waals surface area contributed by atoms with Crippen molar-refractivity contribution in [1.29, 1.82) is 0 Å². The third kappa shape index (κ3) is 3.19. The van der Waals surface area contributed by atoms with E-state index in [0.717, 1.165) is 32.6 Å². The van der Waals surface area contributed by atoms with Gasteiger partial charge in [0.15, 0.2) is 0 Å². The first kappa shape index (κ1) is 18.3. The summed E-state index contributed by atoms with van der Waals surface area (Å²) in [4.78, 5) is 14.5. The molecule has 5 heteroatoms. The van der Waals surface area contributed by atoms with Crippen molar-refractivity contribution in [3.63, 3.8) is 0 Å². The molecule has 3 aliphatic rings. The minimum atomic E-state index is 0.0379. The van der Waals surface area contributed by atoms with Gasteiger partial charge < -0.3 is 10.1 Å². The lowest BCUT2D eigenvalue weighted by atomic mass is 9.73. The Hall–Kier alpha value is -1.04. The molecule has 1 aromatic carbocycles. The molecule has 2 bridgehead atoms. The molecule has 4 nitrogen and oxygen atoms in total. The van der Waals surface area contributed by atoms with Gasteiger partial charge in [-0.2, -0.15) is 11.8 Å². The molecule has 1 aromatic rings. The Morgan fingerprint density at radius 3 is 2.88 bits per heavy atom. The van der Waals surface area contributed by atoms with Crippen molar-refractivity contribution in [2.24, 2.45) is 11.8 Å². The fourth-order valence-corrected chi connectivity index (χ4v) is 5.78. The fourth-order valence-electron chi connectivity index (χ4n) is 5.42. The van der Waals surface area contributed by atoms with Crippen LogP contribution in [0.5, 0.6) is 0 Å². The number of hydrogen-bond acceptors (Lipinski definition) is 4. The Kier molecular flexibility index (Phi) is 5.06. The number of benzene rings is 1. The second-order valence-electron chi connectivity index (χ2n) is 8.31. The zero-order valence-electron chi connectivity index (χ0n) is 16.1. The van der Waals surface area contributed by atoms with E-state index in [1.54, 1.807) is 11.8 Å². The van der Waals surface area contributed by atoms with Gasteiger partial charge >= 0.3 is 0 Å². The van der Waals surface area contributed by atoms with Crippen molar-refractivity contribution >= 4 is 17.7 Å². The number of fused-ring (bicyclic) bond motifs is 1. The van der Waals surface area contributed by atoms with E-state index in [-0.39, 0.29) is 11.5 Å². The maximum absolute atomic E-state index is 11.9. The van der Waals surface area contributed by atoms with Gasteiger partial charge in [0, 0.05) is 38.0 Å². The minimum Gasteiger partial charge on any atom is -0.370 e. The third-order valence-electron chi connectivity index (χ3n) is 6.69. The number of aryl methyl sites for hydroxylation is 2. The van der Waals surface area contributed by atoms with Crippen molar-refractivity contribution in [2.45, 2.75) is 44.9 Å². The zero-order chi connectivity index (χ0) is 18.3. The molecule has 0 aromatic heterocycles. The molecule has 1 spiro atoms. The van der Waals surface area contributed by atoms with E-state index in [4.69, 9.17) is 4.74 Å². The Balaban J connectivity index is 1.44. The number of hydrogen-bond donors (Lipinski definition) is 1. The van der Waals surface area contributed by atoms with Gasteiger partial charge in [-0.15, -0.1) is 0 Å². The fraction of sp³-hybridized carbons (Fsp3) is 0.667. The van der Waals surface area contributed by atoms with E-state index in [2.05, 4.69) is 42.3 Å². The molecule has 4 atom stereocenters. The predicted octanol–water partition coefficient (Wildman–Crippen LogP) is 2.76. The van der Waals surface area contributed by atoms with Crippen LogP contribution in [0.2, 0.25) is 0 Å². The smallest absolute Gasteiger partial charge is 0.229 e. The van der Waals surface area contributed by atoms with Crippen molar-refractivity contribution in [3.8, 4) is 0 Å². The highest BCUT2D eigenvalue weighted by Crippen LogP contribution is 2.54. The topological polar surface area (TPSA) is 41.6 Å². The van der Waals surface area contributed by atoms with Gasteiger partial charge in [0.25, 0.3) is 0 Å². The number of nitrogens with one attached hydrogen (secondary N) is 1. The largest absolute Gasteiger partial charge is 0.370 e. The first-order chi connectivity index (χ1) is 12.5. The van der Waals surface area contributed by atoms with E-state index < -0.39 is 0 Å². The second kappa shape index (κ2) is 7.17. The third-order valence-corrected chi connectivity index (χ3v) is 7.24. The molecular formula is C21H30N2O2S. The molecule has 3 saturated heterocycles. The standard InChI is InChI=1S/C21H30N2O2S/c1-14-5-4-6-15(2)17(14)10-23-11-18-16(9-22-20(24)12-26-3)19-7-8-21(18,13-23)25-19/h4-6,16,18-19H,7-13H2,1-3H3,(H,22,24)/t16-,18+,19+,21+/m0/s1. The molecule has 142 valence electrons. The van der Waals surface area contributed by atoms with Gasteiger partial charge in [0.2, 0.25) is 5.91 Å². The SMILES string of the molecule is CSCC(=O)NC[C@H]1[C@H]2CN(Cc3c(C)cccc3C)C[C@]23CC[C@H]1O3. The van der Waals surface area contributed by atoms with Crippen molar-refractivity contribution < 1.29 is 9.53 Å². The molecule has 3 aliphatic heterocycles. The first-order valence-corrected chi connectivity index (χ1v) is 11.1. The number of amides is 1. The van der Waals surface area contributed by atoms with Crippen LogP contribution >= 0.6 is 11.8 Å². The molecule has 1 N–H and O–H groups in total. The lowest BCUT2D eigenvalue weighted by Crippen LogP contribution is -2.42. The molecule has 0 unspecified atom stereocenters. The van der Waals surface area contributed by atoms with Gasteiger partial charge in [-0.1, -0.05) is 18.2 Å². The van der Waals surface area contributed by atoms with Crippen LogP contribution in [0.1, 0.15) is 29.5 Å². The summed E-state index contributed by atoms with van der Waals surface area (Å²) in [6.45, 7) is 8.34. The molecule has 0 aliphatic carbocycles. The van der Waals surface area contributed by atoms with Gasteiger partial charge in [-0.05, 0) is 49.6 Å². The number of ether oxygens (including phenoxy) is 1. The lowest BCUT2D eigenvalue weighted by Gasteiger charge is -2.29. The normalized spacial score (nSPS) is 32.8. The number of carbonyl (C=O) groups is 1. The lowest BCUT2D eigenvalue weighted by molar-refractivity contribution is -0.118. The highest BCUT2D eigenvalue weighted by atomic mass is 32.2. The predicted molar refractivity (Wildman–Crippen MR) is 106 cm³/mol. The highest BCUT2D eigenvalue weighted by Gasteiger charge is 2.62. The second-order valence-corrected chi connectivity index (χ2v) is 9.17. The average molecular weight is 375 g/mol. The zero-order valence-corrected chi connectivity index (χ0v) is 16.9. The Morgan fingerprint density at radius 1 is 1.38 bits per heavy atom. The average Bonchev–Trinajstić information content (AvgIpc) is 3.24. The Bertz CT molecular complexity index is 674. The molecule has 1 amide bonds. The summed E-state index contributed by atoms with van der Waals surface area (Å²) in [5, 5.41) is 3.14. The molecule has 3 fully saturated rings. The molecule has 0 saturated carbocycles. The minimum absolute atomic E-state index is 0.0379. The quantitative estimate of drug-likeness (QED) is 0.831. The summed E-state index contributed by atoms with van der Waals surface area (Å²) in [7, 11) is 0. The summed E-state index contributed by atoms with van der Waals surface area (Å²) < 4.78 is 6.52. The molecule has 0 radical (unpaired) electrons. The van der Waals surface area contributed by atoms with E-state index in [0.29, 0.717) is 23.7 Å². The van der Waals surface area contributed by atoms with Crippen LogP contribution in [0.25, 0.3) is 0 Å². The number of rotatable bonds is 6. The van der Waals surface area contributed by atoms with Gasteiger partial charge in [0.1, 0.15) is 0 Å². The summed E-state index contributed by atoms with van der Waals surface area (Å²) in [5.74, 6) is 1.73. The maximum atomic E-state index is 11.9. The highest BCUT2D eigenvalue weighted by molar-refractivity contribution is 7.99. The van der Waals surface area contributed by atoms with Crippen LogP contribution in [0.4, 0.5) is 0 Å². The van der Waals surface area contributed by atoms with Crippen LogP contribution in [0, 0.1) is 25.7 Å².